The zero-order chi connectivity index (χ0) is 7.56. The van der Waals surface area contributed by atoms with Crippen molar-refractivity contribution in [3.8, 4) is 0 Å². The van der Waals surface area contributed by atoms with E-state index < -0.39 is 8.80 Å². The van der Waals surface area contributed by atoms with Gasteiger partial charge in [0.2, 0.25) is 0 Å². The van der Waals surface area contributed by atoms with Crippen LogP contribution in [0.1, 0.15) is 10.6 Å². The average molecular weight is 153 g/mol. The Labute approximate surface area is 61.5 Å². The summed E-state index contributed by atoms with van der Waals surface area (Å²) >= 11 is 0. The molecule has 0 aliphatic carbocycles. The van der Waals surface area contributed by atoms with Crippen molar-refractivity contribution < 1.29 is 9.21 Å². The molecule has 53 valence electrons. The molecule has 0 saturated carbocycles. The van der Waals surface area contributed by atoms with Crippen LogP contribution in [0, 0.1) is 0 Å². The van der Waals surface area contributed by atoms with Crippen LogP contribution in [-0.4, -0.2) is 15.1 Å². The minimum Gasteiger partial charge on any atom is -0.464 e. The molecule has 0 fully saturated rings. The van der Waals surface area contributed by atoms with Crippen LogP contribution < -0.4 is 5.38 Å². The molecule has 0 unspecified atom stereocenters. The Kier molecular flexibility index (Phi) is 2.06. The molecule has 0 aromatic carbocycles. The zero-order valence-corrected chi connectivity index (χ0v) is 7.05. The zero-order valence-electron chi connectivity index (χ0n) is 6.05. The number of furan rings is 1. The predicted molar refractivity (Wildman–Crippen MR) is 41.2 cm³/mol. The lowest BCUT2D eigenvalue weighted by Crippen LogP contribution is -2.19. The smallest absolute Gasteiger partial charge is 0.185 e. The molecule has 0 atom stereocenters. The fraction of sp³-hybridized carbons (Fsp3) is 0.286. The molecule has 1 aromatic heterocycles. The molecule has 1 radical (unpaired) electrons. The Balaban J connectivity index is 2.88. The molecule has 0 saturated heterocycles. The maximum Gasteiger partial charge on any atom is 0.185 e. The number of carbonyl (C=O) groups excluding carboxylic acids is 1. The second kappa shape index (κ2) is 2.83. The van der Waals surface area contributed by atoms with E-state index in [4.69, 9.17) is 4.42 Å². The van der Waals surface area contributed by atoms with Crippen LogP contribution in [-0.2, 0) is 0 Å². The first-order valence-corrected chi connectivity index (χ1v) is 5.59. The third kappa shape index (κ3) is 1.36. The van der Waals surface area contributed by atoms with Gasteiger partial charge in [-0.15, -0.1) is 0 Å². The van der Waals surface area contributed by atoms with E-state index in [1.165, 1.54) is 0 Å². The van der Waals surface area contributed by atoms with Crippen molar-refractivity contribution in [2.45, 2.75) is 13.1 Å². The SMILES string of the molecule is C[Si](C)c1ccc(C=O)o1. The first kappa shape index (κ1) is 7.28. The summed E-state index contributed by atoms with van der Waals surface area (Å²) in [7, 11) is -0.527. The summed E-state index contributed by atoms with van der Waals surface area (Å²) in [4.78, 5) is 10.2. The molecule has 10 heavy (non-hydrogen) atoms. The molecule has 1 rings (SSSR count). The fourth-order valence-corrected chi connectivity index (χ4v) is 1.42. The van der Waals surface area contributed by atoms with Crippen molar-refractivity contribution in [2.75, 3.05) is 0 Å². The van der Waals surface area contributed by atoms with Crippen LogP contribution in [0.15, 0.2) is 16.5 Å². The highest BCUT2D eigenvalue weighted by molar-refractivity contribution is 6.69. The normalized spacial score (nSPS) is 10.3. The summed E-state index contributed by atoms with van der Waals surface area (Å²) in [6.07, 6.45) is 0.730. The van der Waals surface area contributed by atoms with Crippen LogP contribution in [0.2, 0.25) is 13.1 Å². The molecule has 0 aliphatic rings. The Hall–Kier alpha value is -0.833. The van der Waals surface area contributed by atoms with Crippen LogP contribution in [0.4, 0.5) is 0 Å². The molecule has 0 aliphatic heterocycles. The van der Waals surface area contributed by atoms with E-state index in [9.17, 15) is 4.79 Å². The van der Waals surface area contributed by atoms with Crippen LogP contribution in [0.5, 0.6) is 0 Å². The average Bonchev–Trinajstić information content (AvgIpc) is 2.34. The first-order valence-electron chi connectivity index (χ1n) is 3.09. The van der Waals surface area contributed by atoms with Gasteiger partial charge in [0.05, 0.1) is 5.38 Å². The molecule has 0 spiro atoms. The van der Waals surface area contributed by atoms with Crippen LogP contribution in [0.3, 0.4) is 0 Å². The molecule has 3 heteroatoms. The number of aldehydes is 1. The van der Waals surface area contributed by atoms with E-state index in [2.05, 4.69) is 13.1 Å². The van der Waals surface area contributed by atoms with Gasteiger partial charge in [-0.1, -0.05) is 13.1 Å². The van der Waals surface area contributed by atoms with Gasteiger partial charge in [0.1, 0.15) is 8.80 Å². The van der Waals surface area contributed by atoms with Crippen molar-refractivity contribution in [3.63, 3.8) is 0 Å². The topological polar surface area (TPSA) is 30.2 Å². The molecule has 0 bridgehead atoms. The predicted octanol–water partition coefficient (Wildman–Crippen LogP) is 1.05. The first-order chi connectivity index (χ1) is 4.74. The maximum atomic E-state index is 10.2. The lowest BCUT2D eigenvalue weighted by molar-refractivity contribution is 0.110. The molecule has 2 nitrogen and oxygen atoms in total. The number of rotatable bonds is 2. The van der Waals surface area contributed by atoms with Gasteiger partial charge in [0.15, 0.2) is 12.0 Å². The second-order valence-corrected chi connectivity index (χ2v) is 4.81. The van der Waals surface area contributed by atoms with Crippen molar-refractivity contribution in [2.24, 2.45) is 0 Å². The van der Waals surface area contributed by atoms with Gasteiger partial charge in [0.25, 0.3) is 0 Å². The van der Waals surface area contributed by atoms with Crippen LogP contribution >= 0.6 is 0 Å². The highest BCUT2D eigenvalue weighted by Crippen LogP contribution is 1.95. The number of hydrogen-bond acceptors (Lipinski definition) is 2. The van der Waals surface area contributed by atoms with E-state index in [1.807, 2.05) is 6.07 Å². The molecule has 1 aromatic rings. The summed E-state index contributed by atoms with van der Waals surface area (Å²) in [6, 6.07) is 3.58. The molecular weight excluding hydrogens is 144 g/mol. The molecule has 0 amide bonds. The Morgan fingerprint density at radius 1 is 1.50 bits per heavy atom. The second-order valence-electron chi connectivity index (χ2n) is 2.32. The lowest BCUT2D eigenvalue weighted by atomic mass is 10.5. The molecule has 1 heterocycles. The van der Waals surface area contributed by atoms with Crippen LogP contribution in [0.25, 0.3) is 0 Å². The molecular formula is C7H9O2Si. The maximum absolute atomic E-state index is 10.2. The van der Waals surface area contributed by atoms with Gasteiger partial charge in [-0.05, 0) is 12.1 Å². The highest BCUT2D eigenvalue weighted by atomic mass is 28.3. The summed E-state index contributed by atoms with van der Waals surface area (Å²) in [6.45, 7) is 4.25. The highest BCUT2D eigenvalue weighted by Gasteiger charge is 2.05. The van der Waals surface area contributed by atoms with E-state index in [0.29, 0.717) is 5.76 Å². The van der Waals surface area contributed by atoms with E-state index in [-0.39, 0.29) is 0 Å². The summed E-state index contributed by atoms with van der Waals surface area (Å²) in [5, 5.41) is 0.965. The Morgan fingerprint density at radius 2 is 2.20 bits per heavy atom. The quantitative estimate of drug-likeness (QED) is 0.469. The summed E-state index contributed by atoms with van der Waals surface area (Å²) in [5.74, 6) is 0.432. The fourth-order valence-electron chi connectivity index (χ4n) is 0.685. The lowest BCUT2D eigenvalue weighted by Gasteiger charge is -1.93. The number of carbonyl (C=O) groups is 1. The monoisotopic (exact) mass is 153 g/mol. The van der Waals surface area contributed by atoms with Gasteiger partial charge in [-0.3, -0.25) is 4.79 Å². The molecule has 0 N–H and O–H groups in total. The van der Waals surface area contributed by atoms with Gasteiger partial charge < -0.3 is 4.42 Å². The van der Waals surface area contributed by atoms with Crippen molar-refractivity contribution in [1.82, 2.24) is 0 Å². The van der Waals surface area contributed by atoms with E-state index in [1.54, 1.807) is 6.07 Å². The minimum absolute atomic E-state index is 0.432. The summed E-state index contributed by atoms with van der Waals surface area (Å²) < 4.78 is 5.17. The van der Waals surface area contributed by atoms with Crippen molar-refractivity contribution in [1.29, 1.82) is 0 Å². The number of hydrogen-bond donors (Lipinski definition) is 0. The Morgan fingerprint density at radius 3 is 2.50 bits per heavy atom. The minimum atomic E-state index is -0.527. The van der Waals surface area contributed by atoms with E-state index in [0.717, 1.165) is 11.7 Å². The van der Waals surface area contributed by atoms with Gasteiger partial charge >= 0.3 is 0 Å². The van der Waals surface area contributed by atoms with Crippen molar-refractivity contribution >= 4 is 20.5 Å². The van der Waals surface area contributed by atoms with Gasteiger partial charge in [-0.2, -0.15) is 0 Å². The van der Waals surface area contributed by atoms with Gasteiger partial charge in [0, 0.05) is 0 Å². The largest absolute Gasteiger partial charge is 0.464 e. The third-order valence-corrected chi connectivity index (χ3v) is 2.49. The van der Waals surface area contributed by atoms with Gasteiger partial charge in [-0.25, -0.2) is 0 Å². The Bertz CT molecular complexity index is 227. The standard InChI is InChI=1S/C7H9O2Si/c1-10(2)7-4-3-6(5-8)9-7/h3-5H,1-2H3. The third-order valence-electron chi connectivity index (χ3n) is 1.24. The summed E-state index contributed by atoms with van der Waals surface area (Å²) in [5.41, 5.74) is 0. The van der Waals surface area contributed by atoms with Crippen molar-refractivity contribution in [3.05, 3.63) is 17.9 Å². The van der Waals surface area contributed by atoms with E-state index >= 15 is 0 Å².